The molecule has 25 heavy (non-hydrogen) atoms. The van der Waals surface area contributed by atoms with Gasteiger partial charge >= 0.3 is 17.9 Å². The lowest BCUT2D eigenvalue weighted by molar-refractivity contribution is -0.172. The highest BCUT2D eigenvalue weighted by molar-refractivity contribution is 9.10. The molecule has 1 aromatic rings. The average Bonchev–Trinajstić information content (AvgIpc) is 2.52. The second-order valence-corrected chi connectivity index (χ2v) is 7.08. The fourth-order valence-electron chi connectivity index (χ4n) is 2.56. The minimum atomic E-state index is -1.52. The fraction of sp³-hybridized carbons (Fsp3) is 0.471. The number of aliphatic carboxylic acids is 1. The molecule has 0 saturated carbocycles. The van der Waals surface area contributed by atoms with E-state index in [9.17, 15) is 23.9 Å². The predicted molar refractivity (Wildman–Crippen MR) is 90.0 cm³/mol. The Morgan fingerprint density at radius 2 is 1.92 bits per heavy atom. The van der Waals surface area contributed by atoms with E-state index in [1.807, 2.05) is 0 Å². The molecular formula is C17H20BrFO6. The van der Waals surface area contributed by atoms with Crippen LogP contribution >= 0.6 is 15.9 Å². The number of carbonyl (C=O) groups is 3. The summed E-state index contributed by atoms with van der Waals surface area (Å²) in [5, 5.41) is 9.45. The SMILES string of the molecule is COC(=O)C(C)C(C(=O)O)C(C)(C)C(=O)OCc1ccc(Br)cc1F. The van der Waals surface area contributed by atoms with Crippen LogP contribution in [0.15, 0.2) is 22.7 Å². The van der Waals surface area contributed by atoms with Crippen molar-refractivity contribution >= 4 is 33.8 Å². The van der Waals surface area contributed by atoms with Gasteiger partial charge in [0.2, 0.25) is 0 Å². The number of carboxylic acid groups (broad SMARTS) is 1. The molecule has 0 fully saturated rings. The molecule has 0 saturated heterocycles. The third-order valence-corrected chi connectivity index (χ3v) is 4.51. The minimum absolute atomic E-state index is 0.153. The molecule has 0 bridgehead atoms. The van der Waals surface area contributed by atoms with Crippen molar-refractivity contribution in [3.63, 3.8) is 0 Å². The van der Waals surface area contributed by atoms with E-state index in [0.717, 1.165) is 7.11 Å². The summed E-state index contributed by atoms with van der Waals surface area (Å²) in [5.74, 6) is -5.89. The van der Waals surface area contributed by atoms with Gasteiger partial charge < -0.3 is 14.6 Å². The van der Waals surface area contributed by atoms with Gasteiger partial charge in [-0.1, -0.05) is 28.9 Å². The Labute approximate surface area is 153 Å². The summed E-state index contributed by atoms with van der Waals surface area (Å²) < 4.78 is 24.0. The highest BCUT2D eigenvalue weighted by atomic mass is 79.9. The van der Waals surface area contributed by atoms with E-state index in [4.69, 9.17) is 4.74 Å². The molecule has 1 N–H and O–H groups in total. The van der Waals surface area contributed by atoms with Crippen molar-refractivity contribution < 1.29 is 33.4 Å². The number of halogens is 2. The lowest BCUT2D eigenvalue weighted by Gasteiger charge is -2.32. The maximum Gasteiger partial charge on any atom is 0.312 e. The van der Waals surface area contributed by atoms with Gasteiger partial charge in [-0.3, -0.25) is 14.4 Å². The Kier molecular flexibility index (Phi) is 7.10. The van der Waals surface area contributed by atoms with Crippen LogP contribution in [0.1, 0.15) is 26.3 Å². The zero-order chi connectivity index (χ0) is 19.4. The van der Waals surface area contributed by atoms with Crippen molar-refractivity contribution in [3.05, 3.63) is 34.1 Å². The summed E-state index contributed by atoms with van der Waals surface area (Å²) in [6, 6.07) is 4.27. The molecule has 138 valence electrons. The van der Waals surface area contributed by atoms with Gasteiger partial charge in [-0.15, -0.1) is 0 Å². The first-order chi connectivity index (χ1) is 11.5. The number of esters is 2. The van der Waals surface area contributed by atoms with E-state index in [1.54, 1.807) is 6.07 Å². The quantitative estimate of drug-likeness (QED) is 0.683. The molecule has 2 atom stereocenters. The Morgan fingerprint density at radius 1 is 1.32 bits per heavy atom. The third-order valence-electron chi connectivity index (χ3n) is 4.02. The van der Waals surface area contributed by atoms with Crippen molar-refractivity contribution in [1.82, 2.24) is 0 Å². The lowest BCUT2D eigenvalue weighted by Crippen LogP contribution is -2.44. The van der Waals surface area contributed by atoms with Crippen LogP contribution in [-0.2, 0) is 30.5 Å². The Balaban J connectivity index is 2.95. The summed E-state index contributed by atoms with van der Waals surface area (Å²) in [6.45, 7) is 3.76. The van der Waals surface area contributed by atoms with Crippen LogP contribution in [-0.4, -0.2) is 30.1 Å². The van der Waals surface area contributed by atoms with E-state index < -0.39 is 41.0 Å². The Hall–Kier alpha value is -1.96. The number of hydrogen-bond donors (Lipinski definition) is 1. The maximum absolute atomic E-state index is 13.8. The molecule has 0 spiro atoms. The molecular weight excluding hydrogens is 399 g/mol. The molecule has 0 aliphatic carbocycles. The number of rotatable bonds is 7. The topological polar surface area (TPSA) is 89.9 Å². The molecule has 6 nitrogen and oxygen atoms in total. The monoisotopic (exact) mass is 418 g/mol. The van der Waals surface area contributed by atoms with E-state index in [-0.39, 0.29) is 12.2 Å². The number of carbonyl (C=O) groups excluding carboxylic acids is 2. The largest absolute Gasteiger partial charge is 0.481 e. The van der Waals surface area contributed by atoms with Gasteiger partial charge in [0.1, 0.15) is 12.4 Å². The molecule has 1 rings (SSSR count). The highest BCUT2D eigenvalue weighted by Gasteiger charge is 2.48. The second kappa shape index (κ2) is 8.42. The van der Waals surface area contributed by atoms with Crippen LogP contribution in [0.4, 0.5) is 4.39 Å². The Bertz CT molecular complexity index is 673. The fourth-order valence-corrected chi connectivity index (χ4v) is 2.90. The standard InChI is InChI=1S/C17H20BrFO6/c1-9(15(22)24-4)13(14(20)21)17(2,3)16(23)25-8-10-5-6-11(18)7-12(10)19/h5-7,9,13H,8H2,1-4H3,(H,20,21). The number of carboxylic acids is 1. The molecule has 0 amide bonds. The zero-order valence-electron chi connectivity index (χ0n) is 14.3. The first-order valence-electron chi connectivity index (χ1n) is 7.44. The normalized spacial score (nSPS) is 13.7. The van der Waals surface area contributed by atoms with E-state index in [1.165, 1.54) is 32.9 Å². The van der Waals surface area contributed by atoms with E-state index >= 15 is 0 Å². The molecule has 8 heteroatoms. The summed E-state index contributed by atoms with van der Waals surface area (Å²) in [6.07, 6.45) is 0. The second-order valence-electron chi connectivity index (χ2n) is 6.16. The summed E-state index contributed by atoms with van der Waals surface area (Å²) >= 11 is 3.12. The van der Waals surface area contributed by atoms with Gasteiger partial charge in [0.15, 0.2) is 0 Å². The van der Waals surface area contributed by atoms with Crippen LogP contribution < -0.4 is 0 Å². The zero-order valence-corrected chi connectivity index (χ0v) is 15.9. The maximum atomic E-state index is 13.8. The van der Waals surface area contributed by atoms with Gasteiger partial charge in [-0.05, 0) is 26.0 Å². The van der Waals surface area contributed by atoms with Crippen molar-refractivity contribution in [2.24, 2.45) is 17.3 Å². The van der Waals surface area contributed by atoms with E-state index in [0.29, 0.717) is 4.47 Å². The molecule has 0 heterocycles. The molecule has 0 aromatic heterocycles. The molecule has 0 aliphatic heterocycles. The van der Waals surface area contributed by atoms with Gasteiger partial charge in [0.25, 0.3) is 0 Å². The molecule has 1 aromatic carbocycles. The average molecular weight is 419 g/mol. The van der Waals surface area contributed by atoms with Crippen molar-refractivity contribution in [2.75, 3.05) is 7.11 Å². The van der Waals surface area contributed by atoms with Gasteiger partial charge in [-0.25, -0.2) is 4.39 Å². The minimum Gasteiger partial charge on any atom is -0.481 e. The molecule has 0 aliphatic rings. The summed E-state index contributed by atoms with van der Waals surface area (Å²) in [4.78, 5) is 35.7. The number of hydrogen-bond acceptors (Lipinski definition) is 5. The summed E-state index contributed by atoms with van der Waals surface area (Å²) in [7, 11) is 1.14. The smallest absolute Gasteiger partial charge is 0.312 e. The Morgan fingerprint density at radius 3 is 2.40 bits per heavy atom. The van der Waals surface area contributed by atoms with Crippen molar-refractivity contribution in [3.8, 4) is 0 Å². The van der Waals surface area contributed by atoms with Crippen molar-refractivity contribution in [1.29, 1.82) is 0 Å². The first kappa shape index (κ1) is 21.1. The van der Waals surface area contributed by atoms with Crippen molar-refractivity contribution in [2.45, 2.75) is 27.4 Å². The highest BCUT2D eigenvalue weighted by Crippen LogP contribution is 2.35. The first-order valence-corrected chi connectivity index (χ1v) is 8.23. The predicted octanol–water partition coefficient (Wildman–Crippen LogP) is 3.17. The van der Waals surface area contributed by atoms with Crippen LogP contribution in [0.25, 0.3) is 0 Å². The van der Waals surface area contributed by atoms with Gasteiger partial charge in [0.05, 0.1) is 24.4 Å². The number of methoxy groups -OCH3 is 1. The number of ether oxygens (including phenoxy) is 2. The van der Waals surface area contributed by atoms with Crippen LogP contribution in [0.2, 0.25) is 0 Å². The van der Waals surface area contributed by atoms with Gasteiger partial charge in [0, 0.05) is 10.0 Å². The number of benzene rings is 1. The van der Waals surface area contributed by atoms with Gasteiger partial charge in [-0.2, -0.15) is 0 Å². The van der Waals surface area contributed by atoms with Crippen LogP contribution in [0.5, 0.6) is 0 Å². The van der Waals surface area contributed by atoms with E-state index in [2.05, 4.69) is 20.7 Å². The third kappa shape index (κ3) is 5.01. The molecule has 0 radical (unpaired) electrons. The summed E-state index contributed by atoms with van der Waals surface area (Å²) in [5.41, 5.74) is -1.37. The van der Waals surface area contributed by atoms with Crippen LogP contribution in [0, 0.1) is 23.1 Å². The lowest BCUT2D eigenvalue weighted by atomic mass is 9.72. The molecule has 2 unspecified atom stereocenters. The van der Waals surface area contributed by atoms with Crippen LogP contribution in [0.3, 0.4) is 0 Å².